The summed E-state index contributed by atoms with van der Waals surface area (Å²) in [5, 5.41) is 2.59. The van der Waals surface area contributed by atoms with Crippen LogP contribution in [0.2, 0.25) is 0 Å². The molecule has 1 N–H and O–H groups in total. The summed E-state index contributed by atoms with van der Waals surface area (Å²) >= 11 is 0. The molecule has 0 atom stereocenters. The van der Waals surface area contributed by atoms with E-state index < -0.39 is 15.9 Å². The molecule has 8 heteroatoms. The number of nitrogens with zero attached hydrogens (tertiary/aromatic N) is 1. The maximum Gasteiger partial charge on any atom is 0.287 e. The number of carbonyl (C=O) groups excluding carboxylic acids is 1. The zero-order chi connectivity index (χ0) is 16.4. The Balaban J connectivity index is 2.15. The van der Waals surface area contributed by atoms with Gasteiger partial charge in [0.05, 0.1) is 13.2 Å². The van der Waals surface area contributed by atoms with Crippen LogP contribution >= 0.6 is 0 Å². The molecule has 2 rings (SSSR count). The van der Waals surface area contributed by atoms with Gasteiger partial charge < -0.3 is 14.5 Å². The maximum absolute atomic E-state index is 12.4. The van der Waals surface area contributed by atoms with Crippen LogP contribution in [-0.4, -0.2) is 50.5 Å². The van der Waals surface area contributed by atoms with E-state index in [1.165, 1.54) is 16.4 Å². The number of rotatable bonds is 5. The van der Waals surface area contributed by atoms with Crippen molar-refractivity contribution in [3.8, 4) is 0 Å². The van der Waals surface area contributed by atoms with Gasteiger partial charge in [0, 0.05) is 18.6 Å². The van der Waals surface area contributed by atoms with Crippen molar-refractivity contribution in [2.24, 2.45) is 0 Å². The Morgan fingerprint density at radius 3 is 2.55 bits per heavy atom. The van der Waals surface area contributed by atoms with Gasteiger partial charge in [0.15, 0.2) is 5.76 Å². The average molecular weight is 330 g/mol. The van der Waals surface area contributed by atoms with Gasteiger partial charge in [-0.1, -0.05) is 6.92 Å². The second kappa shape index (κ2) is 6.39. The van der Waals surface area contributed by atoms with Crippen molar-refractivity contribution in [2.45, 2.75) is 37.8 Å². The summed E-state index contributed by atoms with van der Waals surface area (Å²) in [5.74, 6) is -0.427. The summed E-state index contributed by atoms with van der Waals surface area (Å²) in [6.07, 6.45) is 0.748. The van der Waals surface area contributed by atoms with Crippen LogP contribution in [0, 0.1) is 0 Å². The summed E-state index contributed by atoms with van der Waals surface area (Å²) in [5.41, 5.74) is -0.382. The number of sulfonamides is 1. The molecule has 7 nitrogen and oxygen atoms in total. The highest BCUT2D eigenvalue weighted by Crippen LogP contribution is 2.20. The van der Waals surface area contributed by atoms with Crippen molar-refractivity contribution >= 4 is 15.9 Å². The highest BCUT2D eigenvalue weighted by Gasteiger charge is 2.30. The lowest BCUT2D eigenvalue weighted by atomic mass is 10.0. The van der Waals surface area contributed by atoms with E-state index in [9.17, 15) is 13.2 Å². The predicted octanol–water partition coefficient (Wildman–Crippen LogP) is 1.22. The quantitative estimate of drug-likeness (QED) is 0.877. The first-order valence-corrected chi connectivity index (χ1v) is 8.70. The second-order valence-corrected chi connectivity index (χ2v) is 7.70. The topological polar surface area (TPSA) is 88.9 Å². The third-order valence-corrected chi connectivity index (χ3v) is 5.48. The molecule has 0 radical (unpaired) electrons. The van der Waals surface area contributed by atoms with Gasteiger partial charge in [-0.2, -0.15) is 4.31 Å². The van der Waals surface area contributed by atoms with Gasteiger partial charge in [-0.15, -0.1) is 0 Å². The molecule has 0 saturated carbocycles. The number of furan rings is 1. The number of carbonyl (C=O) groups is 1. The van der Waals surface area contributed by atoms with Gasteiger partial charge in [-0.05, 0) is 32.4 Å². The van der Waals surface area contributed by atoms with E-state index in [0.717, 1.165) is 6.42 Å². The summed E-state index contributed by atoms with van der Waals surface area (Å²) in [4.78, 5) is 12.1. The highest BCUT2D eigenvalue weighted by atomic mass is 32.2. The number of morpholine rings is 1. The highest BCUT2D eigenvalue weighted by molar-refractivity contribution is 7.89. The molecule has 0 aromatic carbocycles. The SMILES string of the molecule is CCC(C)(C)NC(=O)c1ccc(S(=O)(=O)N2CCOCC2)o1. The molecule has 1 amide bonds. The number of amides is 1. The van der Waals surface area contributed by atoms with Gasteiger partial charge in [0.2, 0.25) is 5.09 Å². The Hall–Kier alpha value is -1.38. The third kappa shape index (κ3) is 3.68. The Morgan fingerprint density at radius 2 is 1.95 bits per heavy atom. The van der Waals surface area contributed by atoms with Crippen LogP contribution in [0.5, 0.6) is 0 Å². The lowest BCUT2D eigenvalue weighted by Crippen LogP contribution is -2.42. The smallest absolute Gasteiger partial charge is 0.287 e. The fraction of sp³-hybridized carbons (Fsp3) is 0.643. The number of nitrogens with one attached hydrogen (secondary N) is 1. The molecule has 0 unspecified atom stereocenters. The first kappa shape index (κ1) is 17.0. The van der Waals surface area contributed by atoms with Gasteiger partial charge in [0.25, 0.3) is 15.9 Å². The molecule has 1 fully saturated rings. The van der Waals surface area contributed by atoms with Gasteiger partial charge in [0.1, 0.15) is 0 Å². The molecule has 0 spiro atoms. The monoisotopic (exact) mass is 330 g/mol. The van der Waals surface area contributed by atoms with Crippen LogP contribution in [0.4, 0.5) is 0 Å². The minimum atomic E-state index is -3.72. The van der Waals surface area contributed by atoms with E-state index in [4.69, 9.17) is 9.15 Å². The molecular weight excluding hydrogens is 308 g/mol. The van der Waals surface area contributed by atoms with Crippen LogP contribution in [-0.2, 0) is 14.8 Å². The van der Waals surface area contributed by atoms with Gasteiger partial charge in [-0.3, -0.25) is 4.79 Å². The summed E-state index contributed by atoms with van der Waals surface area (Å²) < 4.78 is 36.5. The van der Waals surface area contributed by atoms with Crippen molar-refractivity contribution in [3.63, 3.8) is 0 Å². The zero-order valence-corrected chi connectivity index (χ0v) is 13.9. The van der Waals surface area contributed by atoms with Gasteiger partial charge >= 0.3 is 0 Å². The Kier molecular flexibility index (Phi) is 4.93. The molecule has 1 aliphatic rings. The fourth-order valence-corrected chi connectivity index (χ4v) is 3.27. The molecule has 22 heavy (non-hydrogen) atoms. The van der Waals surface area contributed by atoms with E-state index in [2.05, 4.69) is 5.32 Å². The van der Waals surface area contributed by atoms with E-state index in [-0.39, 0.29) is 29.5 Å². The first-order valence-electron chi connectivity index (χ1n) is 7.26. The molecule has 0 aliphatic carbocycles. The van der Waals surface area contributed by atoms with Crippen molar-refractivity contribution < 1.29 is 22.4 Å². The normalized spacial score (nSPS) is 17.4. The number of ether oxygens (including phenoxy) is 1. The summed E-state index contributed by atoms with van der Waals surface area (Å²) in [7, 11) is -3.72. The van der Waals surface area contributed by atoms with Crippen LogP contribution in [0.25, 0.3) is 0 Å². The second-order valence-electron chi connectivity index (χ2n) is 5.83. The Morgan fingerprint density at radius 1 is 1.32 bits per heavy atom. The van der Waals surface area contributed by atoms with E-state index in [0.29, 0.717) is 13.2 Å². The molecule has 1 aromatic rings. The molecule has 0 bridgehead atoms. The van der Waals surface area contributed by atoms with Crippen molar-refractivity contribution in [1.29, 1.82) is 0 Å². The minimum absolute atomic E-state index is 0.00615. The minimum Gasteiger partial charge on any atom is -0.438 e. The van der Waals surface area contributed by atoms with Crippen LogP contribution < -0.4 is 5.32 Å². The van der Waals surface area contributed by atoms with Crippen LogP contribution in [0.3, 0.4) is 0 Å². The zero-order valence-electron chi connectivity index (χ0n) is 13.1. The van der Waals surface area contributed by atoms with Crippen molar-refractivity contribution in [3.05, 3.63) is 17.9 Å². The lowest BCUT2D eigenvalue weighted by molar-refractivity contribution is 0.0722. The number of hydrogen-bond donors (Lipinski definition) is 1. The predicted molar refractivity (Wildman–Crippen MR) is 80.1 cm³/mol. The first-order chi connectivity index (χ1) is 10.3. The Labute approximate surface area is 130 Å². The van der Waals surface area contributed by atoms with Crippen molar-refractivity contribution in [1.82, 2.24) is 9.62 Å². The Bertz CT molecular complexity index is 629. The van der Waals surface area contributed by atoms with Gasteiger partial charge in [-0.25, -0.2) is 8.42 Å². The average Bonchev–Trinajstić information content (AvgIpc) is 2.98. The van der Waals surface area contributed by atoms with E-state index in [1.54, 1.807) is 0 Å². The molecule has 1 aliphatic heterocycles. The molecule has 1 saturated heterocycles. The van der Waals surface area contributed by atoms with E-state index in [1.807, 2.05) is 20.8 Å². The largest absolute Gasteiger partial charge is 0.438 e. The summed E-state index contributed by atoms with van der Waals surface area (Å²) in [6, 6.07) is 2.70. The lowest BCUT2D eigenvalue weighted by Gasteiger charge is -2.25. The molecule has 2 heterocycles. The van der Waals surface area contributed by atoms with Crippen molar-refractivity contribution in [2.75, 3.05) is 26.3 Å². The standard InChI is InChI=1S/C14H22N2O5S/c1-4-14(2,3)15-13(17)11-5-6-12(21-11)22(18,19)16-7-9-20-10-8-16/h5-6H,4,7-10H2,1-3H3,(H,15,17). The summed E-state index contributed by atoms with van der Waals surface area (Å²) in [6.45, 7) is 7.02. The van der Waals surface area contributed by atoms with Crippen LogP contribution in [0.1, 0.15) is 37.7 Å². The molecule has 1 aromatic heterocycles. The maximum atomic E-state index is 12.4. The molecular formula is C14H22N2O5S. The van der Waals surface area contributed by atoms with Crippen LogP contribution in [0.15, 0.2) is 21.6 Å². The fourth-order valence-electron chi connectivity index (χ4n) is 1.95. The van der Waals surface area contributed by atoms with E-state index >= 15 is 0 Å². The third-order valence-electron chi connectivity index (χ3n) is 3.71. The molecule has 124 valence electrons. The number of hydrogen-bond acceptors (Lipinski definition) is 5.